The van der Waals surface area contributed by atoms with Crippen LogP contribution in [-0.4, -0.2) is 28.2 Å². The second-order valence-electron chi connectivity index (χ2n) is 5.29. The van der Waals surface area contributed by atoms with E-state index in [9.17, 15) is 9.59 Å². The third-order valence-corrected chi connectivity index (χ3v) is 3.82. The van der Waals surface area contributed by atoms with Crippen molar-refractivity contribution in [3.05, 3.63) is 46.4 Å². The Morgan fingerprint density at radius 1 is 1.19 bits per heavy atom. The summed E-state index contributed by atoms with van der Waals surface area (Å²) in [7, 11) is 1.72. The summed E-state index contributed by atoms with van der Waals surface area (Å²) in [5.41, 5.74) is 1.13. The first-order chi connectivity index (χ1) is 13.0. The number of benzene rings is 1. The third-order valence-electron chi connectivity index (χ3n) is 3.57. The molecule has 2 N–H and O–H groups in total. The maximum Gasteiger partial charge on any atom is 0.358 e. The van der Waals surface area contributed by atoms with Crippen molar-refractivity contribution in [3.63, 3.8) is 0 Å². The number of esters is 1. The molecule has 2 rings (SSSR count). The van der Waals surface area contributed by atoms with Gasteiger partial charge in [0, 0.05) is 25.0 Å². The van der Waals surface area contributed by atoms with Crippen LogP contribution in [0.3, 0.4) is 0 Å². The maximum atomic E-state index is 12.1. The number of halogens is 1. The van der Waals surface area contributed by atoms with E-state index in [4.69, 9.17) is 16.3 Å². The second-order valence-corrected chi connectivity index (χ2v) is 5.73. The molecular weight excluding hydrogens is 368 g/mol. The number of rotatable bonds is 6. The Kier molecular flexibility index (Phi) is 9.36. The zero-order valence-electron chi connectivity index (χ0n) is 16.4. The molecule has 0 spiro atoms. The minimum absolute atomic E-state index is 0.186. The molecule has 0 fully saturated rings. The summed E-state index contributed by atoms with van der Waals surface area (Å²) in [4.78, 5) is 28.6. The van der Waals surface area contributed by atoms with Crippen LogP contribution < -0.4 is 10.6 Å². The molecule has 1 aromatic carbocycles. The lowest BCUT2D eigenvalue weighted by Gasteiger charge is -2.08. The van der Waals surface area contributed by atoms with Gasteiger partial charge in [-0.3, -0.25) is 5.32 Å². The molecule has 2 amide bonds. The van der Waals surface area contributed by atoms with Crippen LogP contribution in [0.25, 0.3) is 0 Å². The molecule has 0 atom stereocenters. The fourth-order valence-electron chi connectivity index (χ4n) is 2.32. The Labute approximate surface area is 165 Å². The van der Waals surface area contributed by atoms with Crippen LogP contribution in [0, 0.1) is 0 Å². The highest BCUT2D eigenvalue weighted by molar-refractivity contribution is 6.30. The number of amides is 2. The summed E-state index contributed by atoms with van der Waals surface area (Å²) < 4.78 is 6.68. The number of nitrogens with one attached hydrogen (secondary N) is 2. The van der Waals surface area contributed by atoms with Gasteiger partial charge in [-0.05, 0) is 24.6 Å². The van der Waals surface area contributed by atoms with E-state index in [2.05, 4.69) is 15.6 Å². The van der Waals surface area contributed by atoms with E-state index in [1.807, 2.05) is 32.9 Å². The lowest BCUT2D eigenvalue weighted by Crippen LogP contribution is -2.29. The first-order valence-electron chi connectivity index (χ1n) is 8.98. The van der Waals surface area contributed by atoms with E-state index in [0.29, 0.717) is 23.8 Å². The second kappa shape index (κ2) is 11.2. The van der Waals surface area contributed by atoms with Gasteiger partial charge in [-0.1, -0.05) is 44.5 Å². The summed E-state index contributed by atoms with van der Waals surface area (Å²) in [6.45, 7) is 8.21. The van der Waals surface area contributed by atoms with Crippen LogP contribution in [0.15, 0.2) is 24.3 Å². The Hall–Kier alpha value is -2.54. The Morgan fingerprint density at radius 2 is 1.81 bits per heavy atom. The molecule has 0 radical (unpaired) electrons. The summed E-state index contributed by atoms with van der Waals surface area (Å²) in [5, 5.41) is 5.97. The maximum absolute atomic E-state index is 12.1. The average molecular weight is 395 g/mol. The molecule has 0 aliphatic heterocycles. The fourth-order valence-corrected chi connectivity index (χ4v) is 2.44. The average Bonchev–Trinajstić information content (AvgIpc) is 2.98. The van der Waals surface area contributed by atoms with Gasteiger partial charge in [0.05, 0.1) is 6.61 Å². The van der Waals surface area contributed by atoms with Crippen molar-refractivity contribution < 1.29 is 14.3 Å². The van der Waals surface area contributed by atoms with Crippen LogP contribution in [0.4, 0.5) is 10.6 Å². The number of hydrogen-bond acceptors (Lipinski definition) is 4. The SMILES string of the molecule is CC.CCOC(=O)c1c(NC(=O)NCc2ccc(Cl)cc2)nc(CC)n1C. The molecule has 148 valence electrons. The van der Waals surface area contributed by atoms with Crippen LogP contribution in [0.5, 0.6) is 0 Å². The van der Waals surface area contributed by atoms with Crippen LogP contribution in [0.1, 0.15) is 49.6 Å². The van der Waals surface area contributed by atoms with Crippen molar-refractivity contribution >= 4 is 29.4 Å². The highest BCUT2D eigenvalue weighted by atomic mass is 35.5. The molecule has 1 heterocycles. The molecule has 0 bridgehead atoms. The smallest absolute Gasteiger partial charge is 0.358 e. The van der Waals surface area contributed by atoms with Crippen molar-refractivity contribution in [2.75, 3.05) is 11.9 Å². The third kappa shape index (κ3) is 6.29. The largest absolute Gasteiger partial charge is 0.461 e. The lowest BCUT2D eigenvalue weighted by atomic mass is 10.2. The van der Waals surface area contributed by atoms with Gasteiger partial charge in [0.25, 0.3) is 0 Å². The molecule has 1 aromatic heterocycles. The Morgan fingerprint density at radius 3 is 2.37 bits per heavy atom. The van der Waals surface area contributed by atoms with Crippen molar-refractivity contribution in [1.82, 2.24) is 14.9 Å². The number of urea groups is 1. The number of nitrogens with zero attached hydrogens (tertiary/aromatic N) is 2. The molecular formula is C19H27ClN4O3. The minimum Gasteiger partial charge on any atom is -0.461 e. The van der Waals surface area contributed by atoms with E-state index in [1.54, 1.807) is 30.7 Å². The van der Waals surface area contributed by atoms with Gasteiger partial charge < -0.3 is 14.6 Å². The highest BCUT2D eigenvalue weighted by Crippen LogP contribution is 2.18. The lowest BCUT2D eigenvalue weighted by molar-refractivity contribution is 0.0516. The molecule has 0 aliphatic carbocycles. The first kappa shape index (κ1) is 22.5. The number of carbonyl (C=O) groups is 2. The van der Waals surface area contributed by atoms with Crippen LogP contribution in [0.2, 0.25) is 5.02 Å². The van der Waals surface area contributed by atoms with Crippen molar-refractivity contribution in [1.29, 1.82) is 0 Å². The van der Waals surface area contributed by atoms with Crippen molar-refractivity contribution in [3.8, 4) is 0 Å². The monoisotopic (exact) mass is 394 g/mol. The molecule has 2 aromatic rings. The number of imidazole rings is 1. The number of aromatic nitrogens is 2. The summed E-state index contributed by atoms with van der Waals surface area (Å²) in [6.07, 6.45) is 0.622. The van der Waals surface area contributed by atoms with Gasteiger partial charge in [-0.25, -0.2) is 14.6 Å². The van der Waals surface area contributed by atoms with Crippen LogP contribution >= 0.6 is 11.6 Å². The van der Waals surface area contributed by atoms with Gasteiger partial charge in [-0.15, -0.1) is 0 Å². The normalized spacial score (nSPS) is 9.85. The summed E-state index contributed by atoms with van der Waals surface area (Å²) in [5.74, 6) is 0.340. The zero-order valence-corrected chi connectivity index (χ0v) is 17.2. The van der Waals surface area contributed by atoms with E-state index in [0.717, 1.165) is 5.56 Å². The molecule has 7 nitrogen and oxygen atoms in total. The number of ether oxygens (including phenoxy) is 1. The molecule has 0 unspecified atom stereocenters. The number of anilines is 1. The molecule has 8 heteroatoms. The van der Waals surface area contributed by atoms with E-state index in [-0.39, 0.29) is 18.1 Å². The minimum atomic E-state index is -0.523. The van der Waals surface area contributed by atoms with E-state index >= 15 is 0 Å². The predicted octanol–water partition coefficient (Wildman–Crippen LogP) is 4.16. The standard InChI is InChI=1S/C17H21ClN4O3.C2H6/c1-4-13-20-15(14(22(13)3)16(23)25-5-2)21-17(24)19-10-11-6-8-12(18)9-7-11;1-2/h6-9H,4-5,10H2,1-3H3,(H2,19,21,24);1-2H3. The Balaban J connectivity index is 0.00000176. The number of hydrogen-bond donors (Lipinski definition) is 2. The molecule has 0 saturated heterocycles. The van der Waals surface area contributed by atoms with Gasteiger partial charge in [-0.2, -0.15) is 0 Å². The molecule has 0 saturated carbocycles. The highest BCUT2D eigenvalue weighted by Gasteiger charge is 2.23. The van der Waals surface area contributed by atoms with E-state index < -0.39 is 12.0 Å². The van der Waals surface area contributed by atoms with E-state index in [1.165, 1.54) is 0 Å². The molecule has 0 aliphatic rings. The summed E-state index contributed by atoms with van der Waals surface area (Å²) in [6, 6.07) is 6.69. The zero-order chi connectivity index (χ0) is 20.4. The Bertz CT molecular complexity index is 757. The van der Waals surface area contributed by atoms with Gasteiger partial charge in [0.1, 0.15) is 5.82 Å². The van der Waals surface area contributed by atoms with Crippen molar-refractivity contribution in [2.45, 2.75) is 40.7 Å². The van der Waals surface area contributed by atoms with Gasteiger partial charge in [0.15, 0.2) is 11.5 Å². The quantitative estimate of drug-likeness (QED) is 0.720. The van der Waals surface area contributed by atoms with Crippen molar-refractivity contribution in [2.24, 2.45) is 7.05 Å². The number of aryl methyl sites for hydroxylation is 1. The van der Waals surface area contributed by atoms with Crippen LogP contribution in [-0.2, 0) is 24.8 Å². The molecule has 27 heavy (non-hydrogen) atoms. The number of carbonyl (C=O) groups excluding carboxylic acids is 2. The topological polar surface area (TPSA) is 85.2 Å². The predicted molar refractivity (Wildman–Crippen MR) is 107 cm³/mol. The summed E-state index contributed by atoms with van der Waals surface area (Å²) >= 11 is 5.83. The van der Waals surface area contributed by atoms with Gasteiger partial charge >= 0.3 is 12.0 Å². The fraction of sp³-hybridized carbons (Fsp3) is 0.421. The van der Waals surface area contributed by atoms with Gasteiger partial charge in [0.2, 0.25) is 0 Å². The first-order valence-corrected chi connectivity index (χ1v) is 9.36.